The first-order chi connectivity index (χ1) is 13.8. The Balaban J connectivity index is 1.93. The minimum Gasteiger partial charge on any atom is -0.508 e. The SMILES string of the molecule is C[N+]1=C(c2ccccc2)C(C)(Cc2cc([N+](=O)[O-])ccc2O)c2cc(F)ccc21. The lowest BCUT2D eigenvalue weighted by Crippen LogP contribution is -2.35. The van der Waals surface area contributed by atoms with Crippen molar-refractivity contribution in [2.45, 2.75) is 18.8 Å². The molecule has 0 radical (unpaired) electrons. The summed E-state index contributed by atoms with van der Waals surface area (Å²) in [5, 5.41) is 21.6. The summed E-state index contributed by atoms with van der Waals surface area (Å²) in [5.74, 6) is -0.363. The predicted molar refractivity (Wildman–Crippen MR) is 109 cm³/mol. The van der Waals surface area contributed by atoms with Crippen molar-refractivity contribution >= 4 is 17.1 Å². The highest BCUT2D eigenvalue weighted by Crippen LogP contribution is 2.45. The molecule has 0 aliphatic carbocycles. The van der Waals surface area contributed by atoms with Crippen LogP contribution in [-0.4, -0.2) is 27.4 Å². The van der Waals surface area contributed by atoms with Gasteiger partial charge in [0.2, 0.25) is 5.69 Å². The van der Waals surface area contributed by atoms with E-state index in [4.69, 9.17) is 0 Å². The molecule has 1 unspecified atom stereocenters. The predicted octanol–water partition coefficient (Wildman–Crippen LogP) is 4.72. The van der Waals surface area contributed by atoms with Gasteiger partial charge in [0, 0.05) is 34.9 Å². The number of nitro groups is 1. The number of halogens is 1. The zero-order valence-electron chi connectivity index (χ0n) is 16.1. The van der Waals surface area contributed by atoms with Gasteiger partial charge in [-0.25, -0.2) is 4.39 Å². The summed E-state index contributed by atoms with van der Waals surface area (Å²) in [4.78, 5) is 10.7. The molecule has 0 bridgehead atoms. The third-order valence-corrected chi connectivity index (χ3v) is 5.64. The third-order valence-electron chi connectivity index (χ3n) is 5.64. The molecule has 5 nitrogen and oxygen atoms in total. The zero-order chi connectivity index (χ0) is 20.8. The molecule has 3 aromatic rings. The zero-order valence-corrected chi connectivity index (χ0v) is 16.1. The van der Waals surface area contributed by atoms with Crippen molar-refractivity contribution in [3.05, 3.63) is 99.4 Å². The van der Waals surface area contributed by atoms with E-state index >= 15 is 0 Å². The Morgan fingerprint density at radius 3 is 2.52 bits per heavy atom. The van der Waals surface area contributed by atoms with Crippen LogP contribution in [0.4, 0.5) is 15.8 Å². The molecule has 0 aromatic heterocycles. The molecule has 1 N–H and O–H groups in total. The first-order valence-electron chi connectivity index (χ1n) is 9.24. The van der Waals surface area contributed by atoms with Crippen molar-refractivity contribution in [1.82, 2.24) is 0 Å². The van der Waals surface area contributed by atoms with Gasteiger partial charge in [0.15, 0.2) is 5.71 Å². The Morgan fingerprint density at radius 2 is 1.83 bits per heavy atom. The van der Waals surface area contributed by atoms with Gasteiger partial charge in [-0.05, 0) is 43.7 Å². The summed E-state index contributed by atoms with van der Waals surface area (Å²) < 4.78 is 16.2. The molecule has 29 heavy (non-hydrogen) atoms. The Bertz CT molecular complexity index is 1160. The monoisotopic (exact) mass is 391 g/mol. The molecule has 0 amide bonds. The maximum atomic E-state index is 14.2. The van der Waals surface area contributed by atoms with Gasteiger partial charge >= 0.3 is 0 Å². The molecule has 4 rings (SSSR count). The van der Waals surface area contributed by atoms with Crippen LogP contribution >= 0.6 is 0 Å². The molecule has 1 aliphatic heterocycles. The average Bonchev–Trinajstić information content (AvgIpc) is 2.90. The van der Waals surface area contributed by atoms with E-state index in [0.29, 0.717) is 5.56 Å². The quantitative estimate of drug-likeness (QED) is 0.398. The van der Waals surface area contributed by atoms with Gasteiger partial charge < -0.3 is 5.11 Å². The number of rotatable bonds is 4. The van der Waals surface area contributed by atoms with E-state index in [1.54, 1.807) is 6.07 Å². The van der Waals surface area contributed by atoms with E-state index in [-0.39, 0.29) is 23.7 Å². The Morgan fingerprint density at radius 1 is 1.10 bits per heavy atom. The largest absolute Gasteiger partial charge is 0.508 e. The fraction of sp³-hybridized carbons (Fsp3) is 0.174. The lowest BCUT2D eigenvalue weighted by molar-refractivity contribution is -0.402. The fourth-order valence-corrected chi connectivity index (χ4v) is 4.36. The van der Waals surface area contributed by atoms with Crippen LogP contribution < -0.4 is 0 Å². The highest BCUT2D eigenvalue weighted by Gasteiger charge is 2.49. The van der Waals surface area contributed by atoms with E-state index in [1.165, 1.54) is 30.3 Å². The van der Waals surface area contributed by atoms with Gasteiger partial charge in [0.1, 0.15) is 18.6 Å². The van der Waals surface area contributed by atoms with Gasteiger partial charge in [-0.2, -0.15) is 4.58 Å². The highest BCUT2D eigenvalue weighted by molar-refractivity contribution is 6.07. The van der Waals surface area contributed by atoms with Gasteiger partial charge in [-0.15, -0.1) is 0 Å². The molecule has 1 heterocycles. The van der Waals surface area contributed by atoms with Crippen LogP contribution in [0, 0.1) is 15.9 Å². The van der Waals surface area contributed by atoms with Crippen LogP contribution in [0.25, 0.3) is 0 Å². The number of fused-ring (bicyclic) bond motifs is 1. The number of nitrogens with zero attached hydrogens (tertiary/aromatic N) is 2. The summed E-state index contributed by atoms with van der Waals surface area (Å²) in [6.45, 7) is 1.98. The second-order valence-corrected chi connectivity index (χ2v) is 7.51. The molecule has 0 saturated carbocycles. The Hall–Kier alpha value is -3.54. The number of phenols is 1. The molecule has 6 heteroatoms. The Kier molecular flexibility index (Phi) is 4.42. The van der Waals surface area contributed by atoms with Crippen molar-refractivity contribution in [3.63, 3.8) is 0 Å². The summed E-state index contributed by atoms with van der Waals surface area (Å²) >= 11 is 0. The van der Waals surface area contributed by atoms with Gasteiger partial charge in [0.25, 0.3) is 5.69 Å². The number of hydrogen-bond donors (Lipinski definition) is 1. The van der Waals surface area contributed by atoms with Crippen LogP contribution in [0.15, 0.2) is 66.7 Å². The summed E-state index contributed by atoms with van der Waals surface area (Å²) in [7, 11) is 1.93. The molecule has 146 valence electrons. The minimum absolute atomic E-state index is 0.0169. The van der Waals surface area contributed by atoms with Crippen LogP contribution in [0.1, 0.15) is 23.6 Å². The molecular formula is C23H20FN2O3+. The first kappa shape index (κ1) is 18.8. The molecule has 0 saturated heterocycles. The van der Waals surface area contributed by atoms with Crippen molar-refractivity contribution < 1.29 is 19.0 Å². The highest BCUT2D eigenvalue weighted by atomic mass is 19.1. The average molecular weight is 391 g/mol. The summed E-state index contributed by atoms with van der Waals surface area (Å²) in [5.41, 5.74) is 3.24. The number of benzene rings is 3. The third kappa shape index (κ3) is 3.06. The standard InChI is InChI=1S/C23H19FN2O3/c1-23(14-16-12-18(26(28)29)9-11-21(16)27)19-13-17(24)8-10-20(19)25(2)22(23)15-6-4-3-5-7-15/h3-13H,14H2,1-2H3/p+1. The van der Waals surface area contributed by atoms with E-state index in [9.17, 15) is 19.6 Å². The van der Waals surface area contributed by atoms with Crippen LogP contribution in [-0.2, 0) is 11.8 Å². The number of hydrogen-bond acceptors (Lipinski definition) is 3. The topological polar surface area (TPSA) is 66.4 Å². The van der Waals surface area contributed by atoms with E-state index in [0.717, 1.165) is 22.5 Å². The molecular weight excluding hydrogens is 371 g/mol. The van der Waals surface area contributed by atoms with E-state index in [1.807, 2.05) is 48.9 Å². The van der Waals surface area contributed by atoms with Gasteiger partial charge in [-0.3, -0.25) is 10.1 Å². The van der Waals surface area contributed by atoms with Crippen molar-refractivity contribution in [3.8, 4) is 5.75 Å². The van der Waals surface area contributed by atoms with Crippen molar-refractivity contribution in [2.75, 3.05) is 7.05 Å². The van der Waals surface area contributed by atoms with E-state index in [2.05, 4.69) is 0 Å². The Labute approximate surface area is 167 Å². The molecule has 1 aliphatic rings. The van der Waals surface area contributed by atoms with Crippen LogP contribution in [0.3, 0.4) is 0 Å². The lowest BCUT2D eigenvalue weighted by Gasteiger charge is -2.24. The maximum absolute atomic E-state index is 14.2. The molecule has 1 atom stereocenters. The number of nitro benzene ring substituents is 1. The molecule has 3 aromatic carbocycles. The summed E-state index contributed by atoms with van der Waals surface area (Å²) in [6, 6.07) is 18.4. The summed E-state index contributed by atoms with van der Waals surface area (Å²) in [6.07, 6.45) is 0.283. The van der Waals surface area contributed by atoms with Crippen LogP contribution in [0.2, 0.25) is 0 Å². The molecule has 0 spiro atoms. The number of aromatic hydroxyl groups is 1. The van der Waals surface area contributed by atoms with Gasteiger partial charge in [0.05, 0.1) is 10.3 Å². The number of phenolic OH excluding ortho intramolecular Hbond substituents is 1. The minimum atomic E-state index is -0.694. The maximum Gasteiger partial charge on any atom is 0.269 e. The second kappa shape index (κ2) is 6.81. The first-order valence-corrected chi connectivity index (χ1v) is 9.24. The normalized spacial score (nSPS) is 18.0. The second-order valence-electron chi connectivity index (χ2n) is 7.51. The lowest BCUT2D eigenvalue weighted by atomic mass is 9.72. The van der Waals surface area contributed by atoms with Crippen molar-refractivity contribution in [2.24, 2.45) is 0 Å². The van der Waals surface area contributed by atoms with Gasteiger partial charge in [-0.1, -0.05) is 18.2 Å². The van der Waals surface area contributed by atoms with E-state index < -0.39 is 10.3 Å². The van der Waals surface area contributed by atoms with Crippen LogP contribution in [0.5, 0.6) is 5.75 Å². The number of non-ortho nitro benzene ring substituents is 1. The molecule has 0 fully saturated rings. The van der Waals surface area contributed by atoms with Crippen molar-refractivity contribution in [1.29, 1.82) is 0 Å². The smallest absolute Gasteiger partial charge is 0.269 e. The fourth-order valence-electron chi connectivity index (χ4n) is 4.36.